The minimum atomic E-state index is -0.963. The molecule has 4 N–H and O–H groups in total. The van der Waals surface area contributed by atoms with Crippen molar-refractivity contribution in [1.29, 1.82) is 0 Å². The fraction of sp³-hybridized carbons (Fsp3) is 0.889. The van der Waals surface area contributed by atoms with Crippen molar-refractivity contribution in [2.75, 3.05) is 26.7 Å². The van der Waals surface area contributed by atoms with Crippen LogP contribution in [0.5, 0.6) is 0 Å². The van der Waals surface area contributed by atoms with Gasteiger partial charge in [0.25, 0.3) is 0 Å². The molecule has 5 heteroatoms. The molecule has 0 aromatic heterocycles. The Bertz CT molecular complexity index is 173. The van der Waals surface area contributed by atoms with E-state index in [4.69, 9.17) is 10.8 Å². The van der Waals surface area contributed by atoms with E-state index in [1.165, 1.54) is 0 Å². The Balaban J connectivity index is 3.42. The zero-order chi connectivity index (χ0) is 11.1. The summed E-state index contributed by atoms with van der Waals surface area (Å²) in [5.74, 6) is -0.963. The summed E-state index contributed by atoms with van der Waals surface area (Å²) in [6.07, 6.45) is 0. The summed E-state index contributed by atoms with van der Waals surface area (Å²) in [6.45, 7) is 6.20. The lowest BCUT2D eigenvalue weighted by atomic mass is 10.3. The van der Waals surface area contributed by atoms with Gasteiger partial charge in [0.1, 0.15) is 6.04 Å². The molecule has 0 amide bonds. The topological polar surface area (TPSA) is 78.6 Å². The van der Waals surface area contributed by atoms with E-state index in [1.54, 1.807) is 0 Å². The maximum atomic E-state index is 10.4. The van der Waals surface area contributed by atoms with Crippen LogP contribution in [0.3, 0.4) is 0 Å². The molecule has 0 aliphatic heterocycles. The lowest BCUT2D eigenvalue weighted by Gasteiger charge is -2.21. The molecule has 84 valence electrons. The number of carboxylic acid groups (broad SMARTS) is 1. The smallest absolute Gasteiger partial charge is 0.321 e. The molecular weight excluding hydrogens is 182 g/mol. The normalized spacial score (nSPS) is 13.6. The van der Waals surface area contributed by atoms with Gasteiger partial charge < -0.3 is 21.1 Å². The lowest BCUT2D eigenvalue weighted by molar-refractivity contribution is -0.138. The highest BCUT2D eigenvalue weighted by Gasteiger charge is 2.10. The van der Waals surface area contributed by atoms with Gasteiger partial charge in [0.05, 0.1) is 0 Å². The van der Waals surface area contributed by atoms with Gasteiger partial charge in [-0.1, -0.05) is 0 Å². The molecular formula is C9H21N3O2. The SMILES string of the molecule is CC(C)N(C)CCNCC(N)C(=O)O. The highest BCUT2D eigenvalue weighted by atomic mass is 16.4. The Morgan fingerprint density at radius 2 is 2.14 bits per heavy atom. The number of carboxylic acids is 1. The van der Waals surface area contributed by atoms with Gasteiger partial charge in [0, 0.05) is 25.7 Å². The van der Waals surface area contributed by atoms with E-state index >= 15 is 0 Å². The molecule has 0 radical (unpaired) electrons. The van der Waals surface area contributed by atoms with E-state index in [1.807, 2.05) is 7.05 Å². The molecule has 0 aromatic carbocycles. The van der Waals surface area contributed by atoms with Crippen LogP contribution in [0.4, 0.5) is 0 Å². The van der Waals surface area contributed by atoms with Crippen molar-refractivity contribution < 1.29 is 9.90 Å². The maximum Gasteiger partial charge on any atom is 0.321 e. The third-order valence-electron chi connectivity index (χ3n) is 2.20. The van der Waals surface area contributed by atoms with Crippen molar-refractivity contribution in [3.05, 3.63) is 0 Å². The number of hydrogen-bond acceptors (Lipinski definition) is 4. The molecule has 0 rings (SSSR count). The average Bonchev–Trinajstić information content (AvgIpc) is 2.11. The van der Waals surface area contributed by atoms with Crippen LogP contribution < -0.4 is 11.1 Å². The molecule has 0 bridgehead atoms. The molecule has 0 aromatic rings. The first-order chi connectivity index (χ1) is 6.45. The Kier molecular flexibility index (Phi) is 6.44. The van der Waals surface area contributed by atoms with Gasteiger partial charge in [-0.25, -0.2) is 0 Å². The van der Waals surface area contributed by atoms with Gasteiger partial charge in [-0.3, -0.25) is 4.79 Å². The number of hydrogen-bond donors (Lipinski definition) is 3. The van der Waals surface area contributed by atoms with Crippen molar-refractivity contribution >= 4 is 5.97 Å². The van der Waals surface area contributed by atoms with E-state index in [2.05, 4.69) is 24.1 Å². The average molecular weight is 203 g/mol. The molecule has 0 fully saturated rings. The first kappa shape index (κ1) is 13.4. The van der Waals surface area contributed by atoms with Crippen molar-refractivity contribution in [2.24, 2.45) is 5.73 Å². The van der Waals surface area contributed by atoms with Crippen LogP contribution in [0, 0.1) is 0 Å². The summed E-state index contributed by atoms with van der Waals surface area (Å²) in [7, 11) is 2.03. The Hall–Kier alpha value is -0.650. The number of nitrogens with one attached hydrogen (secondary N) is 1. The summed E-state index contributed by atoms with van der Waals surface area (Å²) >= 11 is 0. The quantitative estimate of drug-likeness (QED) is 0.478. The zero-order valence-electron chi connectivity index (χ0n) is 9.16. The Morgan fingerprint density at radius 3 is 2.57 bits per heavy atom. The molecule has 14 heavy (non-hydrogen) atoms. The maximum absolute atomic E-state index is 10.4. The second kappa shape index (κ2) is 6.75. The zero-order valence-corrected chi connectivity index (χ0v) is 9.16. The molecule has 0 heterocycles. The summed E-state index contributed by atoms with van der Waals surface area (Å²) in [5, 5.41) is 11.5. The number of rotatable bonds is 7. The van der Waals surface area contributed by atoms with E-state index < -0.39 is 12.0 Å². The van der Waals surface area contributed by atoms with Crippen LogP contribution in [-0.4, -0.2) is 54.7 Å². The summed E-state index contributed by atoms with van der Waals surface area (Å²) in [6, 6.07) is -0.302. The first-order valence-electron chi connectivity index (χ1n) is 4.84. The molecule has 0 aliphatic rings. The number of aliphatic carboxylic acids is 1. The number of carbonyl (C=O) groups is 1. The predicted molar refractivity (Wildman–Crippen MR) is 56.2 cm³/mol. The van der Waals surface area contributed by atoms with E-state index in [9.17, 15) is 4.79 Å². The Labute approximate surface area is 85.3 Å². The fourth-order valence-electron chi connectivity index (χ4n) is 0.858. The summed E-state index contributed by atoms with van der Waals surface area (Å²) < 4.78 is 0. The first-order valence-corrected chi connectivity index (χ1v) is 4.84. The predicted octanol–water partition coefficient (Wildman–Crippen LogP) is -0.672. The standard InChI is InChI=1S/C9H21N3O2/c1-7(2)12(3)5-4-11-6-8(10)9(13)14/h7-8,11H,4-6,10H2,1-3H3,(H,13,14). The molecule has 0 aliphatic carbocycles. The van der Waals surface area contributed by atoms with Crippen molar-refractivity contribution in [3.8, 4) is 0 Å². The highest BCUT2D eigenvalue weighted by Crippen LogP contribution is 1.90. The van der Waals surface area contributed by atoms with Crippen molar-refractivity contribution in [1.82, 2.24) is 10.2 Å². The van der Waals surface area contributed by atoms with Crippen LogP contribution in [0.25, 0.3) is 0 Å². The van der Waals surface area contributed by atoms with Crippen LogP contribution in [0.15, 0.2) is 0 Å². The summed E-state index contributed by atoms with van der Waals surface area (Å²) in [4.78, 5) is 12.5. The largest absolute Gasteiger partial charge is 0.480 e. The minimum absolute atomic E-state index is 0.321. The lowest BCUT2D eigenvalue weighted by Crippen LogP contribution is -2.42. The molecule has 0 saturated heterocycles. The Morgan fingerprint density at radius 1 is 1.57 bits per heavy atom. The number of nitrogens with two attached hydrogens (primary N) is 1. The molecule has 0 saturated carbocycles. The second-order valence-corrected chi connectivity index (χ2v) is 3.72. The molecule has 1 atom stereocenters. The highest BCUT2D eigenvalue weighted by molar-refractivity contribution is 5.73. The number of likely N-dealkylation sites (N-methyl/N-ethyl adjacent to an activating group) is 1. The van der Waals surface area contributed by atoms with E-state index in [0.29, 0.717) is 12.6 Å². The van der Waals surface area contributed by atoms with Crippen LogP contribution in [0.1, 0.15) is 13.8 Å². The third kappa shape index (κ3) is 5.90. The van der Waals surface area contributed by atoms with Crippen molar-refractivity contribution in [2.45, 2.75) is 25.9 Å². The third-order valence-corrected chi connectivity index (χ3v) is 2.20. The van der Waals surface area contributed by atoms with Gasteiger partial charge in [-0.05, 0) is 20.9 Å². The van der Waals surface area contributed by atoms with Crippen LogP contribution >= 0.6 is 0 Å². The van der Waals surface area contributed by atoms with Gasteiger partial charge in [0.15, 0.2) is 0 Å². The van der Waals surface area contributed by atoms with Gasteiger partial charge in [-0.15, -0.1) is 0 Å². The summed E-state index contributed by atoms with van der Waals surface area (Å²) in [5.41, 5.74) is 5.32. The minimum Gasteiger partial charge on any atom is -0.480 e. The number of nitrogens with zero attached hydrogens (tertiary/aromatic N) is 1. The molecule has 1 unspecified atom stereocenters. The van der Waals surface area contributed by atoms with Gasteiger partial charge in [0.2, 0.25) is 0 Å². The van der Waals surface area contributed by atoms with Crippen molar-refractivity contribution in [3.63, 3.8) is 0 Å². The fourth-order valence-corrected chi connectivity index (χ4v) is 0.858. The van der Waals surface area contributed by atoms with Crippen LogP contribution in [-0.2, 0) is 4.79 Å². The van der Waals surface area contributed by atoms with E-state index in [0.717, 1.165) is 13.1 Å². The van der Waals surface area contributed by atoms with E-state index in [-0.39, 0.29) is 0 Å². The molecule has 0 spiro atoms. The van der Waals surface area contributed by atoms with Gasteiger partial charge in [-0.2, -0.15) is 0 Å². The van der Waals surface area contributed by atoms with Crippen LogP contribution in [0.2, 0.25) is 0 Å². The monoisotopic (exact) mass is 203 g/mol. The molecule has 5 nitrogen and oxygen atoms in total. The second-order valence-electron chi connectivity index (χ2n) is 3.72. The van der Waals surface area contributed by atoms with Gasteiger partial charge >= 0.3 is 5.97 Å².